The largest absolute Gasteiger partial charge is 0.457 e. The Morgan fingerprint density at radius 2 is 1.32 bits per heavy atom. The number of hydrogen-bond acceptors (Lipinski definition) is 2. The van der Waals surface area contributed by atoms with Crippen LogP contribution in [0.15, 0.2) is 152 Å². The molecule has 0 amide bonds. The van der Waals surface area contributed by atoms with E-state index in [1.165, 1.54) is 39.3 Å². The third kappa shape index (κ3) is 4.97. The number of fused-ring (bicyclic) bond motifs is 7. The minimum Gasteiger partial charge on any atom is -0.457 e. The molecule has 1 fully saturated rings. The van der Waals surface area contributed by atoms with Gasteiger partial charge in [-0.15, -0.1) is 0 Å². The summed E-state index contributed by atoms with van der Waals surface area (Å²) < 4.78 is 34.3. The number of hydrogen-bond donors (Lipinski definition) is 0. The van der Waals surface area contributed by atoms with Crippen LogP contribution in [0.4, 0.5) is 22.7 Å². The van der Waals surface area contributed by atoms with Gasteiger partial charge in [0.05, 0.1) is 11.0 Å². The van der Waals surface area contributed by atoms with E-state index < -0.39 is 6.85 Å². The third-order valence-corrected chi connectivity index (χ3v) is 11.7. The second-order valence-electron chi connectivity index (χ2n) is 17.3. The molecule has 2 aliphatic rings. The summed E-state index contributed by atoms with van der Waals surface area (Å²) >= 11 is 0. The number of quaternary nitrogens is 2. The van der Waals surface area contributed by atoms with E-state index in [0.717, 1.165) is 33.2 Å². The minimum absolute atomic E-state index is 0.0795. The molecule has 4 heterocycles. The van der Waals surface area contributed by atoms with Crippen LogP contribution in [0, 0.1) is 13.5 Å². The van der Waals surface area contributed by atoms with Crippen LogP contribution in [-0.2, 0) is 10.8 Å². The molecule has 5 nitrogen and oxygen atoms in total. The Hall–Kier alpha value is -6.01. The number of benzene rings is 6. The molecule has 0 saturated carbocycles. The van der Waals surface area contributed by atoms with Crippen LogP contribution in [0.1, 0.15) is 62.3 Å². The lowest BCUT2D eigenvalue weighted by Crippen LogP contribution is -2.47. The average Bonchev–Trinajstić information content (AvgIpc) is 3.70. The fourth-order valence-electron chi connectivity index (χ4n) is 9.00. The van der Waals surface area contributed by atoms with Crippen LogP contribution >= 0.6 is 0 Å². The van der Waals surface area contributed by atoms with Gasteiger partial charge >= 0.3 is 0 Å². The fraction of sp³-hybridized carbons (Fsp3) is 0.176. The minimum atomic E-state index is -2.26. The van der Waals surface area contributed by atoms with Gasteiger partial charge in [-0.2, -0.15) is 9.18 Å². The zero-order valence-corrected chi connectivity index (χ0v) is 32.7. The lowest BCUT2D eigenvalue weighted by atomic mass is 9.80. The Morgan fingerprint density at radius 3 is 2.09 bits per heavy atom. The first-order chi connectivity index (χ1) is 28.1. The first kappa shape index (κ1) is 31.2. The molecular weight excluding hydrogens is 685 g/mol. The molecule has 10 rings (SSSR count). The second-order valence-corrected chi connectivity index (χ2v) is 17.3. The highest BCUT2D eigenvalue weighted by Gasteiger charge is 2.78. The zero-order valence-electron chi connectivity index (χ0n) is 35.7. The van der Waals surface area contributed by atoms with Gasteiger partial charge < -0.3 is 4.74 Å². The molecule has 2 aromatic heterocycles. The zero-order chi connectivity index (χ0) is 41.1. The molecule has 276 valence electrons. The van der Waals surface area contributed by atoms with Gasteiger partial charge in [0.15, 0.2) is 18.0 Å². The van der Waals surface area contributed by atoms with Crippen molar-refractivity contribution < 1.29 is 8.85 Å². The lowest BCUT2D eigenvalue weighted by molar-refractivity contribution is 0.422. The molecule has 0 radical (unpaired) electrons. The van der Waals surface area contributed by atoms with E-state index in [2.05, 4.69) is 156 Å². The molecular formula is C51H47N4O+. The standard InChI is InChI=1S/C51H47N4O/c1-34-26-27-52-48(28-34)53-43-20-12-11-18-40(43)41-25-24-38(32-44(41)53)56-39-30-36(50(2,3)4)29-37(31-39)54-33-55(54,46-22-14-13-21-45(46)54)47-23-15-19-42(51(5,6)7)49(47)35-16-9-8-10-17-35/h8-33H,1-7H3/q+1/t54?,55-/m1/s1/i1D3. The number of pyridine rings is 1. The van der Waals surface area contributed by atoms with Crippen LogP contribution in [0.25, 0.3) is 38.8 Å². The van der Waals surface area contributed by atoms with Crippen LogP contribution in [0.3, 0.4) is 0 Å². The number of ether oxygens (including phenoxy) is 1. The van der Waals surface area contributed by atoms with Gasteiger partial charge in [0.25, 0.3) is 0 Å². The Kier molecular flexibility index (Phi) is 6.69. The Balaban J connectivity index is 1.13. The van der Waals surface area contributed by atoms with E-state index in [9.17, 15) is 0 Å². The van der Waals surface area contributed by atoms with Crippen molar-refractivity contribution in [3.63, 3.8) is 0 Å². The van der Waals surface area contributed by atoms with Crippen molar-refractivity contribution in [1.82, 2.24) is 18.7 Å². The molecule has 56 heavy (non-hydrogen) atoms. The summed E-state index contributed by atoms with van der Waals surface area (Å²) in [7, 11) is 0. The predicted octanol–water partition coefficient (Wildman–Crippen LogP) is 13.9. The molecule has 2 aliphatic heterocycles. The molecule has 2 atom stereocenters. The van der Waals surface area contributed by atoms with E-state index in [1.54, 1.807) is 18.3 Å². The van der Waals surface area contributed by atoms with Crippen molar-refractivity contribution >= 4 is 44.6 Å². The van der Waals surface area contributed by atoms with Crippen molar-refractivity contribution in [3.05, 3.63) is 175 Å². The maximum atomic E-state index is 8.08. The quantitative estimate of drug-likeness (QED) is 0.0966. The SMILES string of the molecule is [2H]C([2H])([2H])c1ccnc(-n2c3ccccc3c3ccc(Oc4cc(C(C)(C)C)cc([N+]56[CH-][N@+]5(c5cccc(C(C)(C)C)c5-c5ccccc5)c5ccccc56)c4)cc32)c1. The van der Waals surface area contributed by atoms with Gasteiger partial charge in [-0.1, -0.05) is 114 Å². The van der Waals surface area contributed by atoms with Gasteiger partial charge in [0.1, 0.15) is 17.3 Å². The van der Waals surface area contributed by atoms with Crippen LogP contribution in [0.2, 0.25) is 0 Å². The maximum absolute atomic E-state index is 8.08. The molecule has 1 saturated heterocycles. The number of rotatable bonds is 6. The van der Waals surface area contributed by atoms with E-state index >= 15 is 0 Å². The van der Waals surface area contributed by atoms with E-state index in [-0.39, 0.29) is 16.4 Å². The third-order valence-electron chi connectivity index (χ3n) is 11.7. The van der Waals surface area contributed by atoms with Crippen molar-refractivity contribution in [2.75, 3.05) is 0 Å². The monoisotopic (exact) mass is 734 g/mol. The summed E-state index contributed by atoms with van der Waals surface area (Å²) in [5, 5.41) is 2.08. The molecule has 0 N–H and O–H groups in total. The van der Waals surface area contributed by atoms with Crippen LogP contribution < -0.4 is 13.9 Å². The summed E-state index contributed by atoms with van der Waals surface area (Å²) in [6.07, 6.45) is 1.57. The smallest absolute Gasteiger partial charge is 0.225 e. The highest BCUT2D eigenvalue weighted by molar-refractivity contribution is 6.09. The van der Waals surface area contributed by atoms with Gasteiger partial charge in [0, 0.05) is 63.0 Å². The molecule has 0 bridgehead atoms. The summed E-state index contributed by atoms with van der Waals surface area (Å²) in [6.45, 7) is 13.8. The lowest BCUT2D eigenvalue weighted by Gasteiger charge is -2.41. The first-order valence-corrected chi connectivity index (χ1v) is 19.4. The van der Waals surface area contributed by atoms with Gasteiger partial charge in [-0.05, 0) is 76.3 Å². The molecule has 0 spiro atoms. The predicted molar refractivity (Wildman–Crippen MR) is 233 cm³/mol. The highest BCUT2D eigenvalue weighted by Crippen LogP contribution is 2.76. The fourth-order valence-corrected chi connectivity index (χ4v) is 9.00. The molecule has 8 aromatic rings. The normalized spacial score (nSPS) is 19.7. The second kappa shape index (κ2) is 12.0. The highest BCUT2D eigenvalue weighted by atomic mass is 16.5. The molecule has 1 unspecified atom stereocenters. The van der Waals surface area contributed by atoms with Gasteiger partial charge in [-0.3, -0.25) is 4.57 Å². The Labute approximate surface area is 334 Å². The maximum Gasteiger partial charge on any atom is 0.225 e. The van der Waals surface area contributed by atoms with Crippen molar-refractivity contribution in [2.24, 2.45) is 0 Å². The number of aryl methyl sites for hydroxylation is 1. The van der Waals surface area contributed by atoms with Gasteiger partial charge in [-0.25, -0.2) is 4.98 Å². The summed E-state index contributed by atoms with van der Waals surface area (Å²) in [5.41, 5.74) is 11.7. The Morgan fingerprint density at radius 1 is 0.607 bits per heavy atom. The van der Waals surface area contributed by atoms with Crippen molar-refractivity contribution in [2.45, 2.75) is 59.2 Å². The number of nitrogens with zero attached hydrogens (tertiary/aromatic N) is 4. The number of aromatic nitrogens is 2. The first-order valence-electron chi connectivity index (χ1n) is 20.9. The van der Waals surface area contributed by atoms with E-state index in [4.69, 9.17) is 8.85 Å². The average molecular weight is 735 g/mol. The molecule has 6 aromatic carbocycles. The van der Waals surface area contributed by atoms with Crippen molar-refractivity contribution in [1.29, 1.82) is 0 Å². The topological polar surface area (TPSA) is 27.1 Å². The Bertz CT molecular complexity index is 2970. The summed E-state index contributed by atoms with van der Waals surface area (Å²) in [4.78, 5) is 4.67. The molecule has 0 aliphatic carbocycles. The summed E-state index contributed by atoms with van der Waals surface area (Å²) in [5.74, 6) is 1.97. The summed E-state index contributed by atoms with van der Waals surface area (Å²) in [6, 6.07) is 50.7. The van der Waals surface area contributed by atoms with Crippen LogP contribution in [0.5, 0.6) is 11.5 Å². The van der Waals surface area contributed by atoms with Crippen LogP contribution in [-0.4, -0.2) is 9.55 Å². The van der Waals surface area contributed by atoms with E-state index in [1.807, 2.05) is 34.9 Å². The van der Waals surface area contributed by atoms with Gasteiger partial charge in [0.2, 0.25) is 11.4 Å². The van der Waals surface area contributed by atoms with Crippen molar-refractivity contribution in [3.8, 4) is 28.4 Å². The van der Waals surface area contributed by atoms with E-state index in [0.29, 0.717) is 20.8 Å². The molecule has 5 heteroatoms. The number of para-hydroxylation sites is 3.